The van der Waals surface area contributed by atoms with Crippen LogP contribution in [-0.2, 0) is 11.4 Å². The van der Waals surface area contributed by atoms with Gasteiger partial charge in [0.15, 0.2) is 0 Å². The van der Waals surface area contributed by atoms with Crippen LogP contribution in [0, 0.1) is 0 Å². The van der Waals surface area contributed by atoms with Gasteiger partial charge in [-0.15, -0.1) is 0 Å². The highest BCUT2D eigenvalue weighted by Gasteiger charge is 2.15. The van der Waals surface area contributed by atoms with Crippen LogP contribution in [0.4, 0.5) is 0 Å². The number of methoxy groups -OCH3 is 1. The number of hydrogen-bond acceptors (Lipinski definition) is 4. The first kappa shape index (κ1) is 11.4. The van der Waals surface area contributed by atoms with Gasteiger partial charge in [0.1, 0.15) is 0 Å². The van der Waals surface area contributed by atoms with E-state index in [1.807, 2.05) is 12.1 Å². The molecule has 1 heterocycles. The van der Waals surface area contributed by atoms with Gasteiger partial charge in [-0.25, -0.2) is 4.98 Å². The molecule has 1 aliphatic carbocycles. The molecule has 88 valence electrons. The topological polar surface area (TPSA) is 43.4 Å². The molecule has 1 aromatic heterocycles. The molecule has 4 nitrogen and oxygen atoms in total. The zero-order valence-corrected chi connectivity index (χ0v) is 9.61. The Hall–Kier alpha value is -1.13. The van der Waals surface area contributed by atoms with Crippen molar-refractivity contribution in [2.45, 2.75) is 38.3 Å². The number of pyridine rings is 1. The lowest BCUT2D eigenvalue weighted by atomic mass is 10.3. The number of hydrogen-bond donors (Lipinski definition) is 1. The van der Waals surface area contributed by atoms with Crippen LogP contribution in [0.3, 0.4) is 0 Å². The lowest BCUT2D eigenvalue weighted by Gasteiger charge is -2.11. The Morgan fingerprint density at radius 2 is 2.19 bits per heavy atom. The second-order valence-electron chi connectivity index (χ2n) is 4.05. The van der Waals surface area contributed by atoms with Crippen LogP contribution < -0.4 is 10.2 Å². The Morgan fingerprint density at radius 3 is 2.81 bits per heavy atom. The van der Waals surface area contributed by atoms with Crippen LogP contribution in [0.5, 0.6) is 5.88 Å². The molecule has 0 bridgehead atoms. The van der Waals surface area contributed by atoms with Gasteiger partial charge < -0.3 is 4.74 Å². The van der Waals surface area contributed by atoms with Crippen LogP contribution in [0.2, 0.25) is 0 Å². The van der Waals surface area contributed by atoms with Crippen molar-refractivity contribution in [3.63, 3.8) is 0 Å². The van der Waals surface area contributed by atoms with Gasteiger partial charge in [-0.2, -0.15) is 5.48 Å². The summed E-state index contributed by atoms with van der Waals surface area (Å²) in [7, 11) is 1.61. The largest absolute Gasteiger partial charge is 0.481 e. The van der Waals surface area contributed by atoms with Crippen LogP contribution in [0.1, 0.15) is 31.2 Å². The van der Waals surface area contributed by atoms with Gasteiger partial charge >= 0.3 is 0 Å². The monoisotopic (exact) mass is 222 g/mol. The van der Waals surface area contributed by atoms with Gasteiger partial charge in [0.05, 0.1) is 13.2 Å². The van der Waals surface area contributed by atoms with Crippen LogP contribution in [0.15, 0.2) is 18.3 Å². The molecule has 0 radical (unpaired) electrons. The molecule has 0 atom stereocenters. The zero-order chi connectivity index (χ0) is 11.2. The summed E-state index contributed by atoms with van der Waals surface area (Å²) >= 11 is 0. The summed E-state index contributed by atoms with van der Waals surface area (Å²) in [6.07, 6.45) is 7.12. The summed E-state index contributed by atoms with van der Waals surface area (Å²) < 4.78 is 4.99. The molecule has 0 amide bonds. The van der Waals surface area contributed by atoms with E-state index in [1.165, 1.54) is 25.7 Å². The van der Waals surface area contributed by atoms with E-state index in [-0.39, 0.29) is 0 Å². The number of hydroxylamine groups is 1. The predicted octanol–water partition coefficient (Wildman–Crippen LogP) is 2.05. The van der Waals surface area contributed by atoms with Gasteiger partial charge in [0.2, 0.25) is 5.88 Å². The fourth-order valence-corrected chi connectivity index (χ4v) is 1.89. The van der Waals surface area contributed by atoms with Crippen molar-refractivity contribution in [1.82, 2.24) is 10.5 Å². The summed E-state index contributed by atoms with van der Waals surface area (Å²) in [5.74, 6) is 0.639. The molecule has 1 aromatic rings. The average Bonchev–Trinajstić information content (AvgIpc) is 2.83. The summed E-state index contributed by atoms with van der Waals surface area (Å²) in [4.78, 5) is 9.68. The quantitative estimate of drug-likeness (QED) is 0.774. The van der Waals surface area contributed by atoms with Gasteiger partial charge in [0, 0.05) is 18.8 Å². The number of nitrogens with one attached hydrogen (secondary N) is 1. The molecule has 4 heteroatoms. The fourth-order valence-electron chi connectivity index (χ4n) is 1.89. The lowest BCUT2D eigenvalue weighted by Crippen LogP contribution is -2.21. The molecule has 0 aromatic carbocycles. The van der Waals surface area contributed by atoms with E-state index in [0.717, 1.165) is 5.56 Å². The Morgan fingerprint density at radius 1 is 1.38 bits per heavy atom. The number of aromatic nitrogens is 1. The molecule has 16 heavy (non-hydrogen) atoms. The normalized spacial score (nSPS) is 16.6. The third kappa shape index (κ3) is 3.18. The van der Waals surface area contributed by atoms with E-state index in [9.17, 15) is 0 Å². The Balaban J connectivity index is 1.71. The van der Waals surface area contributed by atoms with E-state index < -0.39 is 0 Å². The van der Waals surface area contributed by atoms with Crippen molar-refractivity contribution in [3.05, 3.63) is 23.9 Å². The first-order chi connectivity index (χ1) is 7.88. The zero-order valence-electron chi connectivity index (χ0n) is 9.61. The maximum absolute atomic E-state index is 5.55. The van der Waals surface area contributed by atoms with Crippen molar-refractivity contribution < 1.29 is 9.57 Å². The van der Waals surface area contributed by atoms with Crippen LogP contribution >= 0.6 is 0 Å². The number of nitrogens with zero attached hydrogens (tertiary/aromatic N) is 1. The first-order valence-corrected chi connectivity index (χ1v) is 5.76. The Bertz CT molecular complexity index is 307. The minimum atomic E-state index is 0.395. The van der Waals surface area contributed by atoms with Crippen molar-refractivity contribution in [1.29, 1.82) is 0 Å². The highest BCUT2D eigenvalue weighted by Crippen LogP contribution is 2.19. The summed E-state index contributed by atoms with van der Waals surface area (Å²) in [6.45, 7) is 0.688. The van der Waals surface area contributed by atoms with Gasteiger partial charge in [-0.05, 0) is 18.4 Å². The fraction of sp³-hybridized carbons (Fsp3) is 0.583. The van der Waals surface area contributed by atoms with E-state index in [2.05, 4.69) is 10.5 Å². The summed E-state index contributed by atoms with van der Waals surface area (Å²) in [5.41, 5.74) is 4.10. The molecule has 0 aliphatic heterocycles. The van der Waals surface area contributed by atoms with Crippen molar-refractivity contribution >= 4 is 0 Å². The highest BCUT2D eigenvalue weighted by molar-refractivity contribution is 5.17. The highest BCUT2D eigenvalue weighted by atomic mass is 16.7. The molecule has 1 aliphatic rings. The molecule has 1 fully saturated rings. The molecule has 1 N–H and O–H groups in total. The molecular formula is C12H18N2O2. The number of ether oxygens (including phenoxy) is 1. The Kier molecular flexibility index (Phi) is 4.13. The second-order valence-corrected chi connectivity index (χ2v) is 4.05. The maximum atomic E-state index is 5.55. The smallest absolute Gasteiger partial charge is 0.212 e. The van der Waals surface area contributed by atoms with E-state index in [4.69, 9.17) is 9.57 Å². The summed E-state index contributed by atoms with van der Waals surface area (Å²) in [6, 6.07) is 3.84. The summed E-state index contributed by atoms with van der Waals surface area (Å²) in [5, 5.41) is 0. The van der Waals surface area contributed by atoms with E-state index >= 15 is 0 Å². The molecule has 2 rings (SSSR count). The molecule has 0 unspecified atom stereocenters. The lowest BCUT2D eigenvalue weighted by molar-refractivity contribution is -0.0244. The molecule has 1 saturated carbocycles. The minimum absolute atomic E-state index is 0.395. The number of rotatable bonds is 5. The third-order valence-electron chi connectivity index (χ3n) is 2.84. The van der Waals surface area contributed by atoms with Gasteiger partial charge in [-0.1, -0.05) is 18.9 Å². The Labute approximate surface area is 95.9 Å². The van der Waals surface area contributed by atoms with Crippen molar-refractivity contribution in [2.24, 2.45) is 0 Å². The SMILES string of the molecule is COc1ccc(CNOC2CCCC2)cn1. The van der Waals surface area contributed by atoms with E-state index in [0.29, 0.717) is 18.5 Å². The average molecular weight is 222 g/mol. The molecule has 0 saturated heterocycles. The van der Waals surface area contributed by atoms with Crippen molar-refractivity contribution in [2.75, 3.05) is 7.11 Å². The standard InChI is InChI=1S/C12H18N2O2/c1-15-12-7-6-10(8-13-12)9-14-16-11-4-2-3-5-11/h6-8,11,14H,2-5,9H2,1H3. The van der Waals surface area contributed by atoms with Gasteiger partial charge in [0.25, 0.3) is 0 Å². The molecular weight excluding hydrogens is 204 g/mol. The van der Waals surface area contributed by atoms with Crippen molar-refractivity contribution in [3.8, 4) is 5.88 Å². The minimum Gasteiger partial charge on any atom is -0.481 e. The first-order valence-electron chi connectivity index (χ1n) is 5.76. The van der Waals surface area contributed by atoms with E-state index in [1.54, 1.807) is 13.3 Å². The molecule has 0 spiro atoms. The van der Waals surface area contributed by atoms with Crippen LogP contribution in [0.25, 0.3) is 0 Å². The maximum Gasteiger partial charge on any atom is 0.212 e. The predicted molar refractivity (Wildman–Crippen MR) is 61.0 cm³/mol. The second kappa shape index (κ2) is 5.82. The third-order valence-corrected chi connectivity index (χ3v) is 2.84. The van der Waals surface area contributed by atoms with Gasteiger partial charge in [-0.3, -0.25) is 4.84 Å². The van der Waals surface area contributed by atoms with Crippen LogP contribution in [-0.4, -0.2) is 18.2 Å².